The zero-order chi connectivity index (χ0) is 12.0. The van der Waals surface area contributed by atoms with Gasteiger partial charge in [-0.1, -0.05) is 0 Å². The van der Waals surface area contributed by atoms with Gasteiger partial charge in [0.2, 0.25) is 0 Å². The number of hydrogen-bond acceptors (Lipinski definition) is 4. The molecule has 90 valence electrons. The summed E-state index contributed by atoms with van der Waals surface area (Å²) in [5.41, 5.74) is 6.55. The number of carbonyl (C=O) groups is 1. The fourth-order valence-electron chi connectivity index (χ4n) is 2.72. The average molecular weight is 234 g/mol. The van der Waals surface area contributed by atoms with Gasteiger partial charge in [-0.05, 0) is 18.6 Å². The van der Waals surface area contributed by atoms with Crippen molar-refractivity contribution in [1.29, 1.82) is 0 Å². The number of hydrogen-bond donors (Lipinski definition) is 2. The number of amides is 1. The summed E-state index contributed by atoms with van der Waals surface area (Å²) >= 11 is 0. The monoisotopic (exact) mass is 234 g/mol. The Balaban J connectivity index is 1.74. The van der Waals surface area contributed by atoms with Crippen LogP contribution in [0.25, 0.3) is 0 Å². The molecule has 0 radical (unpaired) electrons. The minimum absolute atomic E-state index is 0.129. The molecule has 0 aromatic carbocycles. The van der Waals surface area contributed by atoms with E-state index in [9.17, 15) is 4.79 Å². The number of aromatic nitrogens is 1. The first-order valence-electron chi connectivity index (χ1n) is 5.63. The van der Waals surface area contributed by atoms with E-state index in [1.54, 1.807) is 17.2 Å². The molecule has 3 aliphatic heterocycles. The van der Waals surface area contributed by atoms with Gasteiger partial charge in [-0.15, -0.1) is 0 Å². The van der Waals surface area contributed by atoms with E-state index >= 15 is 0 Å². The number of nitrogen functional groups attached to an aromatic ring is 1. The largest absolute Gasteiger partial charge is 0.465 e. The molecule has 2 unspecified atom stereocenters. The van der Waals surface area contributed by atoms with Crippen molar-refractivity contribution in [2.45, 2.75) is 18.5 Å². The second-order valence-electron chi connectivity index (χ2n) is 4.58. The quantitative estimate of drug-likeness (QED) is 0.743. The van der Waals surface area contributed by atoms with Gasteiger partial charge in [0.1, 0.15) is 5.82 Å². The average Bonchev–Trinajstić information content (AvgIpc) is 2.29. The van der Waals surface area contributed by atoms with Gasteiger partial charge in [0.05, 0.1) is 24.0 Å². The predicted octanol–water partition coefficient (Wildman–Crippen LogP) is 0.605. The van der Waals surface area contributed by atoms with Crippen LogP contribution >= 0.6 is 0 Å². The second kappa shape index (κ2) is 3.51. The van der Waals surface area contributed by atoms with Crippen molar-refractivity contribution in [1.82, 2.24) is 9.88 Å². The first kappa shape index (κ1) is 10.2. The molecule has 0 saturated carbocycles. The second-order valence-corrected chi connectivity index (χ2v) is 4.58. The van der Waals surface area contributed by atoms with Crippen LogP contribution in [0.2, 0.25) is 0 Å². The molecule has 0 spiro atoms. The number of carboxylic acid groups (broad SMARTS) is 1. The smallest absolute Gasteiger partial charge is 0.407 e. The third-order valence-corrected chi connectivity index (χ3v) is 3.55. The van der Waals surface area contributed by atoms with E-state index in [0.717, 1.165) is 25.2 Å². The standard InChI is InChI=1S/C11H14N4O2/c12-10-2-1-7(4-13-10)14-5-8-3-9(6-14)15(8)11(16)17/h1-2,4,8-9H,3,5-6H2,(H2,12,13)(H,16,17). The number of piperazine rings is 1. The first-order valence-corrected chi connectivity index (χ1v) is 5.63. The summed E-state index contributed by atoms with van der Waals surface area (Å²) < 4.78 is 0. The Labute approximate surface area is 98.6 Å². The lowest BCUT2D eigenvalue weighted by Gasteiger charge is -2.55. The molecule has 3 aliphatic rings. The van der Waals surface area contributed by atoms with E-state index < -0.39 is 6.09 Å². The normalized spacial score (nSPS) is 26.6. The Morgan fingerprint density at radius 1 is 1.41 bits per heavy atom. The molecule has 4 heterocycles. The van der Waals surface area contributed by atoms with Crippen molar-refractivity contribution in [3.63, 3.8) is 0 Å². The Morgan fingerprint density at radius 3 is 2.65 bits per heavy atom. The topological polar surface area (TPSA) is 82.7 Å². The molecule has 3 N–H and O–H groups in total. The van der Waals surface area contributed by atoms with Crippen LogP contribution in [-0.4, -0.2) is 46.3 Å². The van der Waals surface area contributed by atoms with Gasteiger partial charge in [0, 0.05) is 13.1 Å². The van der Waals surface area contributed by atoms with Crippen LogP contribution in [0.3, 0.4) is 0 Å². The fourth-order valence-corrected chi connectivity index (χ4v) is 2.72. The highest BCUT2D eigenvalue weighted by Crippen LogP contribution is 2.34. The van der Waals surface area contributed by atoms with E-state index in [-0.39, 0.29) is 12.1 Å². The van der Waals surface area contributed by atoms with Crippen LogP contribution in [-0.2, 0) is 0 Å². The molecule has 3 saturated heterocycles. The van der Waals surface area contributed by atoms with Gasteiger partial charge in [-0.2, -0.15) is 0 Å². The van der Waals surface area contributed by atoms with Gasteiger partial charge in [0.15, 0.2) is 0 Å². The maximum Gasteiger partial charge on any atom is 0.407 e. The van der Waals surface area contributed by atoms with Crippen LogP contribution in [0.15, 0.2) is 18.3 Å². The van der Waals surface area contributed by atoms with Crippen molar-refractivity contribution in [2.24, 2.45) is 0 Å². The van der Waals surface area contributed by atoms with Crippen LogP contribution in [0.1, 0.15) is 6.42 Å². The minimum atomic E-state index is -0.804. The lowest BCUT2D eigenvalue weighted by molar-refractivity contribution is 0.0115. The number of fused-ring (bicyclic) bond motifs is 2. The molecule has 0 aliphatic carbocycles. The highest BCUT2D eigenvalue weighted by molar-refractivity contribution is 5.68. The van der Waals surface area contributed by atoms with Crippen LogP contribution in [0, 0.1) is 0 Å². The summed E-state index contributed by atoms with van der Waals surface area (Å²) in [5.74, 6) is 0.503. The highest BCUT2D eigenvalue weighted by Gasteiger charge is 2.47. The summed E-state index contributed by atoms with van der Waals surface area (Å²) in [5, 5.41) is 9.01. The van der Waals surface area contributed by atoms with Crippen molar-refractivity contribution in [2.75, 3.05) is 23.7 Å². The molecule has 1 amide bonds. The van der Waals surface area contributed by atoms with Crippen LogP contribution in [0.5, 0.6) is 0 Å². The van der Waals surface area contributed by atoms with Crippen molar-refractivity contribution >= 4 is 17.6 Å². The fraction of sp³-hybridized carbons (Fsp3) is 0.455. The predicted molar refractivity (Wildman–Crippen MR) is 62.9 cm³/mol. The van der Waals surface area contributed by atoms with Gasteiger partial charge in [-0.3, -0.25) is 4.90 Å². The number of rotatable bonds is 1. The lowest BCUT2D eigenvalue weighted by atomic mass is 9.88. The molecule has 3 fully saturated rings. The van der Waals surface area contributed by atoms with Crippen molar-refractivity contribution in [3.05, 3.63) is 18.3 Å². The number of piperidine rings is 1. The Kier molecular flexibility index (Phi) is 2.10. The van der Waals surface area contributed by atoms with Gasteiger partial charge in [0.25, 0.3) is 0 Å². The molecule has 4 rings (SSSR count). The lowest BCUT2D eigenvalue weighted by Crippen LogP contribution is -2.70. The van der Waals surface area contributed by atoms with Crippen molar-refractivity contribution in [3.8, 4) is 0 Å². The van der Waals surface area contributed by atoms with Crippen molar-refractivity contribution < 1.29 is 9.90 Å². The maximum absolute atomic E-state index is 11.0. The van der Waals surface area contributed by atoms with Crippen LogP contribution < -0.4 is 10.6 Å². The van der Waals surface area contributed by atoms with E-state index in [4.69, 9.17) is 10.8 Å². The Morgan fingerprint density at radius 2 is 2.12 bits per heavy atom. The van der Waals surface area contributed by atoms with Gasteiger partial charge < -0.3 is 15.7 Å². The highest BCUT2D eigenvalue weighted by atomic mass is 16.4. The third kappa shape index (κ3) is 1.56. The zero-order valence-electron chi connectivity index (χ0n) is 9.28. The summed E-state index contributed by atoms with van der Waals surface area (Å²) in [6.45, 7) is 1.49. The number of anilines is 2. The molecule has 2 bridgehead atoms. The Hall–Kier alpha value is -1.98. The van der Waals surface area contributed by atoms with Gasteiger partial charge in [-0.25, -0.2) is 9.78 Å². The number of nitrogens with zero attached hydrogens (tertiary/aromatic N) is 3. The zero-order valence-corrected chi connectivity index (χ0v) is 9.28. The molecule has 17 heavy (non-hydrogen) atoms. The van der Waals surface area contributed by atoms with E-state index in [2.05, 4.69) is 9.88 Å². The third-order valence-electron chi connectivity index (χ3n) is 3.55. The maximum atomic E-state index is 11.0. The molecule has 6 nitrogen and oxygen atoms in total. The molecule has 6 heteroatoms. The van der Waals surface area contributed by atoms with E-state index in [1.165, 1.54) is 0 Å². The molecular formula is C11H14N4O2. The first-order chi connectivity index (χ1) is 8.15. The SMILES string of the molecule is Nc1ccc(N2CC3CC(C2)N3C(=O)O)cn1. The summed E-state index contributed by atoms with van der Waals surface area (Å²) in [4.78, 5) is 18.7. The summed E-state index contributed by atoms with van der Waals surface area (Å²) in [7, 11) is 0. The minimum Gasteiger partial charge on any atom is -0.465 e. The molecule has 1 aromatic rings. The molecule has 1 aromatic heterocycles. The van der Waals surface area contributed by atoms with E-state index in [0.29, 0.717) is 5.82 Å². The summed E-state index contributed by atoms with van der Waals surface area (Å²) in [6.07, 6.45) is 1.91. The number of nitrogens with two attached hydrogens (primary N) is 1. The molecule has 2 atom stereocenters. The number of pyridine rings is 1. The van der Waals surface area contributed by atoms with Gasteiger partial charge >= 0.3 is 6.09 Å². The summed E-state index contributed by atoms with van der Waals surface area (Å²) in [6, 6.07) is 3.95. The Bertz CT molecular complexity index is 435. The van der Waals surface area contributed by atoms with E-state index in [1.807, 2.05) is 6.07 Å². The molecular weight excluding hydrogens is 220 g/mol. The van der Waals surface area contributed by atoms with Crippen LogP contribution in [0.4, 0.5) is 16.3 Å².